The van der Waals surface area contributed by atoms with Gasteiger partial charge in [-0.2, -0.15) is 0 Å². The molecule has 0 fully saturated rings. The second kappa shape index (κ2) is 13.2. The first-order chi connectivity index (χ1) is 21.0. The van der Waals surface area contributed by atoms with E-state index < -0.39 is 17.4 Å². The molecule has 3 atom stereocenters. The van der Waals surface area contributed by atoms with Crippen LogP contribution in [0.5, 0.6) is 0 Å². The summed E-state index contributed by atoms with van der Waals surface area (Å²) < 4.78 is 13.9. The van der Waals surface area contributed by atoms with Crippen LogP contribution in [0.4, 0.5) is 0 Å². The Bertz CT molecular complexity index is 1580. The molecule has 1 N–H and O–H groups in total. The Balaban J connectivity index is 1.38. The molecule has 8 heteroatoms. The molecule has 3 unspecified atom stereocenters. The van der Waals surface area contributed by atoms with Crippen LogP contribution < -0.4 is 5.32 Å². The molecule has 5 rings (SSSR count). The normalized spacial score (nSPS) is 16.6. The van der Waals surface area contributed by atoms with Crippen LogP contribution in [0, 0.1) is 17.8 Å². The van der Waals surface area contributed by atoms with Crippen LogP contribution in [-0.2, 0) is 20.9 Å². The van der Waals surface area contributed by atoms with E-state index in [0.29, 0.717) is 12.8 Å². The van der Waals surface area contributed by atoms with Crippen LogP contribution in [-0.4, -0.2) is 32.2 Å². The summed E-state index contributed by atoms with van der Waals surface area (Å²) in [5, 5.41) is 13.5. The third kappa shape index (κ3) is 7.12. The molecule has 0 aliphatic carbocycles. The molecular weight excluding hydrogens is 552 g/mol. The summed E-state index contributed by atoms with van der Waals surface area (Å²) in [4.78, 5) is 27.2. The maximum absolute atomic E-state index is 13.9. The zero-order valence-electron chi connectivity index (χ0n) is 26.5. The zero-order valence-corrected chi connectivity index (χ0v) is 26.5. The van der Waals surface area contributed by atoms with Crippen LogP contribution in [0.2, 0.25) is 0 Å². The van der Waals surface area contributed by atoms with Crippen LogP contribution in [0.3, 0.4) is 0 Å². The van der Waals surface area contributed by atoms with E-state index in [2.05, 4.69) is 46.6 Å². The highest BCUT2D eigenvalue weighted by molar-refractivity contribution is 5.86. The first-order valence-corrected chi connectivity index (χ1v) is 15.7. The second-order valence-electron chi connectivity index (χ2n) is 13.2. The van der Waals surface area contributed by atoms with E-state index in [1.54, 1.807) is 6.08 Å². The summed E-state index contributed by atoms with van der Waals surface area (Å²) >= 11 is 0. The Hall–Kier alpha value is -4.20. The van der Waals surface area contributed by atoms with Gasteiger partial charge in [-0.25, -0.2) is 0 Å². The van der Waals surface area contributed by atoms with Gasteiger partial charge in [0, 0.05) is 23.1 Å². The van der Waals surface area contributed by atoms with Gasteiger partial charge < -0.3 is 19.0 Å². The minimum Gasteiger partial charge on any atom is -0.460 e. The first-order valence-electron chi connectivity index (χ1n) is 15.7. The fourth-order valence-electron chi connectivity index (χ4n) is 6.02. The topological polar surface area (TPSA) is 99.2 Å². The summed E-state index contributed by atoms with van der Waals surface area (Å²) in [6, 6.07) is 17.9. The van der Waals surface area contributed by atoms with E-state index >= 15 is 0 Å². The number of hydrogen-bond acceptors (Lipinski definition) is 6. The van der Waals surface area contributed by atoms with Gasteiger partial charge in [-0.1, -0.05) is 62.4 Å². The Kier molecular flexibility index (Phi) is 9.37. The molecule has 1 aliphatic heterocycles. The summed E-state index contributed by atoms with van der Waals surface area (Å²) in [6.45, 7) is 14.3. The van der Waals surface area contributed by atoms with Crippen molar-refractivity contribution in [1.82, 2.24) is 20.1 Å². The van der Waals surface area contributed by atoms with E-state index in [-0.39, 0.29) is 23.8 Å². The van der Waals surface area contributed by atoms with Gasteiger partial charge >= 0.3 is 5.97 Å². The highest BCUT2D eigenvalue weighted by Gasteiger charge is 2.38. The van der Waals surface area contributed by atoms with E-state index in [1.165, 1.54) is 0 Å². The number of nitrogens with zero attached hydrogens (tertiary/aromatic N) is 3. The van der Waals surface area contributed by atoms with E-state index in [4.69, 9.17) is 9.15 Å². The highest BCUT2D eigenvalue weighted by atomic mass is 16.6. The molecule has 3 heterocycles. The molecule has 44 heavy (non-hydrogen) atoms. The van der Waals surface area contributed by atoms with Gasteiger partial charge in [0.25, 0.3) is 0 Å². The average molecular weight is 597 g/mol. The SMILES string of the molecule is C=CCC(C(=O)OC(C)(C)C)C(CC(C)C)C(=O)NC1CCCCn2c(-c3ccc(-c4cc5ccccc5o4)cc3)nnc21. The van der Waals surface area contributed by atoms with Crippen molar-refractivity contribution in [2.75, 3.05) is 0 Å². The van der Waals surface area contributed by atoms with Crippen molar-refractivity contribution in [2.45, 2.75) is 84.9 Å². The second-order valence-corrected chi connectivity index (χ2v) is 13.2. The average Bonchev–Trinajstić information content (AvgIpc) is 3.55. The van der Waals surface area contributed by atoms with Gasteiger partial charge in [-0.3, -0.25) is 9.59 Å². The number of rotatable bonds is 10. The van der Waals surface area contributed by atoms with Crippen LogP contribution >= 0.6 is 0 Å². The molecule has 0 radical (unpaired) electrons. The largest absolute Gasteiger partial charge is 0.460 e. The number of furan rings is 1. The molecule has 0 saturated heterocycles. The highest BCUT2D eigenvalue weighted by Crippen LogP contribution is 2.33. The fraction of sp³-hybridized carbons (Fsp3) is 0.444. The number of allylic oxidation sites excluding steroid dienone is 1. The molecule has 1 aliphatic rings. The number of amides is 1. The number of para-hydroxylation sites is 1. The number of nitrogens with one attached hydrogen (secondary N) is 1. The summed E-state index contributed by atoms with van der Waals surface area (Å²) in [5.41, 5.74) is 2.15. The number of hydrogen-bond donors (Lipinski definition) is 1. The van der Waals surface area contributed by atoms with Crippen molar-refractivity contribution in [2.24, 2.45) is 17.8 Å². The van der Waals surface area contributed by atoms with Crippen molar-refractivity contribution >= 4 is 22.8 Å². The fourth-order valence-corrected chi connectivity index (χ4v) is 6.02. The Morgan fingerprint density at radius 1 is 1.07 bits per heavy atom. The quantitative estimate of drug-likeness (QED) is 0.148. The minimum atomic E-state index is -0.645. The first kappa shape index (κ1) is 31.2. The summed E-state index contributed by atoms with van der Waals surface area (Å²) in [7, 11) is 0. The number of benzene rings is 2. The summed E-state index contributed by atoms with van der Waals surface area (Å²) in [5.74, 6) is 0.865. The molecule has 2 aromatic heterocycles. The minimum absolute atomic E-state index is 0.158. The Labute approximate surface area is 259 Å². The number of fused-ring (bicyclic) bond motifs is 2. The third-order valence-corrected chi connectivity index (χ3v) is 8.06. The lowest BCUT2D eigenvalue weighted by molar-refractivity contribution is -0.164. The molecule has 0 spiro atoms. The van der Waals surface area contributed by atoms with Crippen molar-refractivity contribution < 1.29 is 18.7 Å². The van der Waals surface area contributed by atoms with Crippen molar-refractivity contribution in [3.63, 3.8) is 0 Å². The molecule has 8 nitrogen and oxygen atoms in total. The lowest BCUT2D eigenvalue weighted by Gasteiger charge is -2.30. The molecule has 4 aromatic rings. The maximum Gasteiger partial charge on any atom is 0.310 e. The monoisotopic (exact) mass is 596 g/mol. The Morgan fingerprint density at radius 2 is 1.80 bits per heavy atom. The molecular formula is C36H44N4O4. The van der Waals surface area contributed by atoms with E-state index in [1.807, 2.05) is 69.3 Å². The lowest BCUT2D eigenvalue weighted by Crippen LogP contribution is -2.42. The smallest absolute Gasteiger partial charge is 0.310 e. The standard InChI is InChI=1S/C36H44N4O4/c1-7-12-27(35(42)44-36(4,5)6)28(21-23(2)3)34(41)37-29-14-10-11-20-40-32(38-39-33(29)40)25-18-16-24(17-19-25)31-22-26-13-8-9-15-30(26)43-31/h7-9,13,15-19,22-23,27-29H,1,10-12,14,20-21H2,2-6H3,(H,37,41). The molecule has 232 valence electrons. The van der Waals surface area contributed by atoms with Gasteiger partial charge in [-0.05, 0) is 70.9 Å². The zero-order chi connectivity index (χ0) is 31.4. The predicted octanol–water partition coefficient (Wildman–Crippen LogP) is 7.90. The number of esters is 1. The van der Waals surface area contributed by atoms with Crippen LogP contribution in [0.15, 0.2) is 71.7 Å². The van der Waals surface area contributed by atoms with Gasteiger partial charge in [0.2, 0.25) is 5.91 Å². The maximum atomic E-state index is 13.9. The molecule has 0 bridgehead atoms. The number of carbonyl (C=O) groups excluding carboxylic acids is 2. The van der Waals surface area contributed by atoms with E-state index in [9.17, 15) is 9.59 Å². The number of carbonyl (C=O) groups is 2. The van der Waals surface area contributed by atoms with Gasteiger partial charge in [-0.15, -0.1) is 16.8 Å². The molecule has 2 aromatic carbocycles. The van der Waals surface area contributed by atoms with Crippen LogP contribution in [0.1, 0.15) is 78.6 Å². The van der Waals surface area contributed by atoms with Gasteiger partial charge in [0.15, 0.2) is 11.6 Å². The van der Waals surface area contributed by atoms with Crippen molar-refractivity contribution in [3.05, 3.63) is 73.1 Å². The van der Waals surface area contributed by atoms with Gasteiger partial charge in [0.1, 0.15) is 16.9 Å². The lowest BCUT2D eigenvalue weighted by atomic mass is 9.82. The molecule has 0 saturated carbocycles. The summed E-state index contributed by atoms with van der Waals surface area (Å²) in [6.07, 6.45) is 5.27. The third-order valence-electron chi connectivity index (χ3n) is 8.06. The predicted molar refractivity (Wildman–Crippen MR) is 172 cm³/mol. The van der Waals surface area contributed by atoms with Crippen molar-refractivity contribution in [1.29, 1.82) is 0 Å². The Morgan fingerprint density at radius 3 is 2.48 bits per heavy atom. The van der Waals surface area contributed by atoms with Gasteiger partial charge in [0.05, 0.1) is 17.9 Å². The van der Waals surface area contributed by atoms with Crippen molar-refractivity contribution in [3.8, 4) is 22.7 Å². The van der Waals surface area contributed by atoms with E-state index in [0.717, 1.165) is 65.3 Å². The van der Waals surface area contributed by atoms with Crippen LogP contribution in [0.25, 0.3) is 33.7 Å². The number of aromatic nitrogens is 3. The molecule has 1 amide bonds. The number of ether oxygens (including phenoxy) is 1.